The van der Waals surface area contributed by atoms with Gasteiger partial charge in [-0.05, 0) is 71.9 Å². The number of hydrogen-bond acceptors (Lipinski definition) is 9. The van der Waals surface area contributed by atoms with Crippen molar-refractivity contribution in [3.8, 4) is 0 Å². The Kier molecular flexibility index (Phi) is 37.0. The second-order valence-corrected chi connectivity index (χ2v) is 36.9. The molecule has 3 atom stereocenters. The van der Waals surface area contributed by atoms with Crippen molar-refractivity contribution < 1.29 is 96.6 Å². The van der Waals surface area contributed by atoms with E-state index in [2.05, 4.69) is 131 Å². The van der Waals surface area contributed by atoms with Crippen LogP contribution in [0.15, 0.2) is 22.3 Å². The average Bonchev–Trinajstić information content (AvgIpc) is 3.12. The number of aliphatic hydroxyl groups is 2. The molecular formula is C45H85B3O9Si4V3. The summed E-state index contributed by atoms with van der Waals surface area (Å²) in [7, 11) is 6.43. The van der Waals surface area contributed by atoms with Crippen molar-refractivity contribution in [2.24, 2.45) is 0 Å². The van der Waals surface area contributed by atoms with E-state index in [1.165, 1.54) is 18.3 Å². The van der Waals surface area contributed by atoms with Gasteiger partial charge in [-0.15, -0.1) is 27.7 Å². The van der Waals surface area contributed by atoms with Gasteiger partial charge in [-0.2, -0.15) is 7.85 Å². The van der Waals surface area contributed by atoms with E-state index in [9.17, 15) is 9.90 Å². The number of allylic oxidation sites excluding steroid dienone is 2. The van der Waals surface area contributed by atoms with Gasteiger partial charge in [0.1, 0.15) is 0 Å². The molecule has 0 spiro atoms. The molecule has 9 nitrogen and oxygen atoms in total. The van der Waals surface area contributed by atoms with Crippen LogP contribution in [0.3, 0.4) is 0 Å². The SMILES string of the molecule is [B][CH-]C(=C(C)C)[C@@H](O)[CH-]CO.[B][CH-]C(=C(C)C)[C@@H]1[CH-]CO[Si](C(C)C)(C(C)C)O[Si](C(C)C)(C(C)C)O1.[B][CH-]C(=O)[C@@H]1[CH-]CO[Si](C(C)C)(C(C)C)O[Si](C(C)C)(C(C)C)O1.[V+2].[V+2].[V+2]. The zero-order valence-electron chi connectivity index (χ0n) is 43.3. The fourth-order valence-corrected chi connectivity index (χ4v) is 30.3. The standard InChI is InChI=1S/C20H39BO3Si2.C17H33BO4Si2.C8H13BO2.3V/c1-14(2)19(13-21)20-11-12-22-25(15(3)4,16(5)6)24-26(23-20,17(7)8)18(9)10;1-12(2)23(13(3)4)20-10-9-17(16(19)11-18)21-24(22-23,14(5)6)15(7)8;1-6(2)7(5-9)8(11)3-4-10;;;/h11,13,15-18,20H,12H2,1-10H3;9,11-15,17H,10H2,1-8H3;3,5,8,10-11H,4H2,1-2H3;;;/q3*-2;3*+2/t20-;17-;8-;;;/m000.../s1. The molecule has 0 aromatic carbocycles. The molecule has 2 saturated heterocycles. The Labute approximate surface area is 438 Å². The van der Waals surface area contributed by atoms with E-state index >= 15 is 0 Å². The summed E-state index contributed by atoms with van der Waals surface area (Å²) in [6.45, 7) is 43.7. The van der Waals surface area contributed by atoms with Gasteiger partial charge in [-0.3, -0.25) is 31.9 Å². The number of carbonyl (C=O) groups excluding carboxylic acids is 1. The largest absolute Gasteiger partial charge is 2.00 e. The van der Waals surface area contributed by atoms with Crippen LogP contribution in [0.25, 0.3) is 0 Å². The second kappa shape index (κ2) is 33.0. The van der Waals surface area contributed by atoms with Crippen LogP contribution in [0.1, 0.15) is 138 Å². The molecule has 2 aliphatic rings. The van der Waals surface area contributed by atoms with E-state index in [0.717, 1.165) is 17.5 Å². The quantitative estimate of drug-likeness (QED) is 0.115. The predicted molar refractivity (Wildman–Crippen MR) is 266 cm³/mol. The molecule has 0 aromatic heterocycles. The van der Waals surface area contributed by atoms with Gasteiger partial charge in [0.15, 0.2) is 0 Å². The minimum Gasteiger partial charge on any atom is -0.428 e. The number of carbonyl (C=O) groups is 1. The number of ketones is 1. The van der Waals surface area contributed by atoms with Crippen molar-refractivity contribution in [2.45, 2.75) is 201 Å². The zero-order valence-corrected chi connectivity index (χ0v) is 51.5. The molecule has 0 bridgehead atoms. The van der Waals surface area contributed by atoms with E-state index in [1.54, 1.807) is 6.32 Å². The molecule has 2 fully saturated rings. The van der Waals surface area contributed by atoms with Gasteiger partial charge in [0.2, 0.25) is 0 Å². The van der Waals surface area contributed by atoms with Crippen molar-refractivity contribution >= 4 is 63.6 Å². The van der Waals surface area contributed by atoms with Gasteiger partial charge in [-0.1, -0.05) is 143 Å². The van der Waals surface area contributed by atoms with Crippen molar-refractivity contribution in [1.82, 2.24) is 0 Å². The monoisotopic (exact) mass is 1070 g/mol. The summed E-state index contributed by atoms with van der Waals surface area (Å²) in [5, 5.41) is 17.8. The first kappa shape index (κ1) is 71.8. The maximum Gasteiger partial charge on any atom is 2.00 e. The summed E-state index contributed by atoms with van der Waals surface area (Å²) < 4.78 is 40.5. The summed E-state index contributed by atoms with van der Waals surface area (Å²) in [6, 6.07) is 0. The molecule has 0 aliphatic carbocycles. The maximum absolute atomic E-state index is 12.2. The Morgan fingerprint density at radius 2 is 0.891 bits per heavy atom. The number of Topliss-reactive ketones (excluding diaryl/α,β-unsaturated/α-hetero) is 1. The molecule has 0 aromatic rings. The van der Waals surface area contributed by atoms with Crippen LogP contribution >= 0.6 is 0 Å². The summed E-state index contributed by atoms with van der Waals surface area (Å²) in [4.78, 5) is 12.2. The summed E-state index contributed by atoms with van der Waals surface area (Å²) >= 11 is 0. The minimum atomic E-state index is -2.71. The van der Waals surface area contributed by atoms with Crippen LogP contribution in [0.5, 0.6) is 0 Å². The normalized spacial score (nSPS) is 20.7. The van der Waals surface area contributed by atoms with E-state index in [1.807, 2.05) is 20.3 Å². The number of aliphatic hydroxyl groups excluding tert-OH is 2. The minimum absolute atomic E-state index is 0. The third-order valence-electron chi connectivity index (χ3n) is 11.8. The Morgan fingerprint density at radius 3 is 1.14 bits per heavy atom. The van der Waals surface area contributed by atoms with Gasteiger partial charge >= 0.3 is 89.9 Å². The van der Waals surface area contributed by atoms with E-state index in [0.29, 0.717) is 52.0 Å². The summed E-state index contributed by atoms with van der Waals surface area (Å²) in [5.74, 6) is -0.233. The smallest absolute Gasteiger partial charge is 0.428 e. The first-order chi connectivity index (χ1) is 28.1. The Bertz CT molecular complexity index is 1340. The van der Waals surface area contributed by atoms with Gasteiger partial charge in [0.05, 0.1) is 0 Å². The van der Waals surface area contributed by atoms with Gasteiger partial charge in [-0.25, -0.2) is 22.3 Å². The number of rotatable bonds is 16. The topological polar surface area (TPSA) is 113 Å². The van der Waals surface area contributed by atoms with E-state index in [4.69, 9.17) is 54.6 Å². The fraction of sp³-hybridized carbons (Fsp3) is 0.756. The molecule has 2 heterocycles. The van der Waals surface area contributed by atoms with Gasteiger partial charge in [0, 0.05) is 0 Å². The summed E-state index contributed by atoms with van der Waals surface area (Å²) in [5.41, 5.74) is 6.16. The van der Waals surface area contributed by atoms with Crippen LogP contribution in [0, 0.1) is 38.2 Å². The third-order valence-corrected chi connectivity index (χ3v) is 32.3. The Balaban J connectivity index is -0.000000442. The van der Waals surface area contributed by atoms with Crippen molar-refractivity contribution in [3.05, 3.63) is 60.5 Å². The molecule has 2 N–H and O–H groups in total. The molecule has 64 heavy (non-hydrogen) atoms. The molecule has 2 aliphatic heterocycles. The van der Waals surface area contributed by atoms with Crippen LogP contribution in [0.4, 0.5) is 0 Å². The second-order valence-electron chi connectivity index (χ2n) is 19.2. The van der Waals surface area contributed by atoms with Crippen LogP contribution in [-0.2, 0) is 86.4 Å². The average molecular weight is 1070 g/mol. The number of hydrogen-bond donors (Lipinski definition) is 2. The third kappa shape index (κ3) is 18.8. The van der Waals surface area contributed by atoms with E-state index in [-0.39, 0.29) is 85.2 Å². The maximum atomic E-state index is 12.2. The predicted octanol–water partition coefficient (Wildman–Crippen LogP) is 10.1. The van der Waals surface area contributed by atoms with E-state index < -0.39 is 46.5 Å². The van der Waals surface area contributed by atoms with Crippen molar-refractivity contribution in [2.75, 3.05) is 19.8 Å². The molecule has 19 heteroatoms. The van der Waals surface area contributed by atoms with Crippen molar-refractivity contribution in [3.63, 3.8) is 0 Å². The Morgan fingerprint density at radius 1 is 0.562 bits per heavy atom. The summed E-state index contributed by atoms with van der Waals surface area (Å²) in [6.07, 6.45) is 7.84. The zero-order chi connectivity index (χ0) is 47.8. The first-order valence-electron chi connectivity index (χ1n) is 22.5. The molecule has 0 amide bonds. The van der Waals surface area contributed by atoms with Crippen molar-refractivity contribution in [1.29, 1.82) is 0 Å². The fourth-order valence-electron chi connectivity index (χ4n) is 8.24. The van der Waals surface area contributed by atoms with Crippen LogP contribution in [0.2, 0.25) is 44.3 Å². The van der Waals surface area contributed by atoms with Crippen LogP contribution < -0.4 is 0 Å². The molecule has 9 radical (unpaired) electrons. The van der Waals surface area contributed by atoms with Crippen LogP contribution in [-0.4, -0.2) is 112 Å². The van der Waals surface area contributed by atoms with Gasteiger partial charge < -0.3 is 47.3 Å². The van der Waals surface area contributed by atoms with Gasteiger partial charge in [0.25, 0.3) is 0 Å². The molecule has 0 saturated carbocycles. The molecule has 359 valence electrons. The first-order valence-corrected chi connectivity index (χ1v) is 30.3. The molecule has 2 rings (SSSR count). The Hall–Kier alpha value is 1.26. The molecular weight excluding hydrogens is 982 g/mol. The molecule has 0 unspecified atom stereocenters.